The van der Waals surface area contributed by atoms with E-state index in [1.165, 1.54) is 36.2 Å². The molecule has 4 amide bonds. The summed E-state index contributed by atoms with van der Waals surface area (Å²) in [6.45, 7) is 7.73. The second-order valence-electron chi connectivity index (χ2n) is 11.2. The SMILES string of the molecule is CC(=O)Nc1cc(C(=O)N2Cc3ccccc3N(CC(C)(C)C)C(=O)C2CC(=O)NCc2ccccc2F)ccn1. The quantitative estimate of drug-likeness (QED) is 0.449. The molecule has 1 unspecified atom stereocenters. The molecule has 0 fully saturated rings. The minimum absolute atomic E-state index is 0.0588. The number of nitrogens with one attached hydrogen (secondary N) is 2. The molecule has 0 aliphatic carbocycles. The topological polar surface area (TPSA) is 112 Å². The van der Waals surface area contributed by atoms with Gasteiger partial charge in [0.1, 0.15) is 17.7 Å². The maximum absolute atomic E-state index is 14.2. The fourth-order valence-corrected chi connectivity index (χ4v) is 4.74. The normalized spacial score (nSPS) is 15.1. The zero-order chi connectivity index (χ0) is 29.7. The summed E-state index contributed by atoms with van der Waals surface area (Å²) in [5.74, 6) is -1.99. The van der Waals surface area contributed by atoms with Gasteiger partial charge in [0, 0.05) is 49.6 Å². The van der Waals surface area contributed by atoms with Crippen molar-refractivity contribution in [1.82, 2.24) is 15.2 Å². The van der Waals surface area contributed by atoms with Crippen molar-refractivity contribution in [1.29, 1.82) is 0 Å². The Bertz CT molecular complexity index is 1470. The number of carbonyl (C=O) groups excluding carboxylic acids is 4. The number of pyridine rings is 1. The summed E-state index contributed by atoms with van der Waals surface area (Å²) < 4.78 is 14.1. The van der Waals surface area contributed by atoms with E-state index in [2.05, 4.69) is 15.6 Å². The fourth-order valence-electron chi connectivity index (χ4n) is 4.74. The highest BCUT2D eigenvalue weighted by molar-refractivity contribution is 6.05. The lowest BCUT2D eigenvalue weighted by molar-refractivity contribution is -0.129. The molecule has 0 saturated carbocycles. The van der Waals surface area contributed by atoms with Gasteiger partial charge < -0.3 is 20.4 Å². The summed E-state index contributed by atoms with van der Waals surface area (Å²) in [5, 5.41) is 5.26. The molecular weight excluding hydrogens is 525 g/mol. The number of benzene rings is 2. The molecule has 1 aliphatic heterocycles. The van der Waals surface area contributed by atoms with Crippen molar-refractivity contribution < 1.29 is 23.6 Å². The van der Waals surface area contributed by atoms with Gasteiger partial charge in [-0.3, -0.25) is 19.2 Å². The first-order valence-corrected chi connectivity index (χ1v) is 13.4. The lowest BCUT2D eigenvalue weighted by Gasteiger charge is -2.33. The standard InChI is InChI=1S/C31H34FN5O4/c1-20(38)35-27-15-21(13-14-33-27)29(40)36-18-23-10-6-8-12-25(23)37(19-31(2,3)4)30(41)26(36)16-28(39)34-17-22-9-5-7-11-24(22)32/h5-15,26H,16-19H2,1-4H3,(H,34,39)(H,33,35,38). The van der Waals surface area contributed by atoms with E-state index >= 15 is 0 Å². The van der Waals surface area contributed by atoms with Gasteiger partial charge in [0.05, 0.1) is 6.42 Å². The molecule has 0 spiro atoms. The molecule has 10 heteroatoms. The van der Waals surface area contributed by atoms with Gasteiger partial charge in [0.25, 0.3) is 5.91 Å². The van der Waals surface area contributed by atoms with Crippen LogP contribution in [0, 0.1) is 11.2 Å². The Morgan fingerprint density at radius 2 is 1.76 bits per heavy atom. The maximum atomic E-state index is 14.2. The largest absolute Gasteiger partial charge is 0.352 e. The minimum Gasteiger partial charge on any atom is -0.352 e. The second kappa shape index (κ2) is 12.3. The molecule has 0 radical (unpaired) electrons. The molecule has 1 aromatic heterocycles. The van der Waals surface area contributed by atoms with Crippen molar-refractivity contribution in [2.75, 3.05) is 16.8 Å². The van der Waals surface area contributed by atoms with Crippen LogP contribution in [0.2, 0.25) is 0 Å². The van der Waals surface area contributed by atoms with E-state index in [1.807, 2.05) is 45.0 Å². The number of halogens is 1. The number of para-hydroxylation sites is 1. The highest BCUT2D eigenvalue weighted by Crippen LogP contribution is 2.32. The van der Waals surface area contributed by atoms with Gasteiger partial charge in [-0.1, -0.05) is 57.2 Å². The molecule has 3 aromatic rings. The molecule has 2 heterocycles. The summed E-state index contributed by atoms with van der Waals surface area (Å²) >= 11 is 0. The van der Waals surface area contributed by atoms with Crippen molar-refractivity contribution in [3.05, 3.63) is 89.4 Å². The van der Waals surface area contributed by atoms with E-state index in [1.54, 1.807) is 23.1 Å². The van der Waals surface area contributed by atoms with Crippen LogP contribution in [0.1, 0.15) is 55.6 Å². The predicted octanol–water partition coefficient (Wildman–Crippen LogP) is 4.29. The lowest BCUT2D eigenvalue weighted by atomic mass is 9.95. The Hall–Kier alpha value is -4.60. The number of fused-ring (bicyclic) bond motifs is 1. The first-order chi connectivity index (χ1) is 19.4. The summed E-state index contributed by atoms with van der Waals surface area (Å²) in [6, 6.07) is 15.3. The van der Waals surface area contributed by atoms with Crippen LogP contribution >= 0.6 is 0 Å². The van der Waals surface area contributed by atoms with Crippen molar-refractivity contribution in [2.24, 2.45) is 5.41 Å². The number of rotatable bonds is 7. The number of nitrogens with zero attached hydrogens (tertiary/aromatic N) is 3. The summed E-state index contributed by atoms with van der Waals surface area (Å²) in [6.07, 6.45) is 1.07. The van der Waals surface area contributed by atoms with Crippen LogP contribution in [-0.2, 0) is 27.5 Å². The van der Waals surface area contributed by atoms with Crippen LogP contribution in [-0.4, -0.2) is 46.1 Å². The molecule has 1 atom stereocenters. The van der Waals surface area contributed by atoms with Crippen molar-refractivity contribution >= 4 is 35.1 Å². The molecule has 214 valence electrons. The smallest absolute Gasteiger partial charge is 0.255 e. The third kappa shape index (κ3) is 7.33. The van der Waals surface area contributed by atoms with E-state index in [9.17, 15) is 23.6 Å². The fraction of sp³-hybridized carbons (Fsp3) is 0.323. The highest BCUT2D eigenvalue weighted by atomic mass is 19.1. The average Bonchev–Trinajstić information content (AvgIpc) is 3.02. The van der Waals surface area contributed by atoms with Crippen molar-refractivity contribution in [3.8, 4) is 0 Å². The lowest BCUT2D eigenvalue weighted by Crippen LogP contribution is -2.52. The van der Waals surface area contributed by atoms with E-state index < -0.39 is 29.6 Å². The minimum atomic E-state index is -1.14. The zero-order valence-electron chi connectivity index (χ0n) is 23.6. The molecule has 0 bridgehead atoms. The summed E-state index contributed by atoms with van der Waals surface area (Å²) in [7, 11) is 0. The zero-order valence-corrected chi connectivity index (χ0v) is 23.6. The van der Waals surface area contributed by atoms with Gasteiger partial charge >= 0.3 is 0 Å². The van der Waals surface area contributed by atoms with Crippen LogP contribution in [0.15, 0.2) is 66.9 Å². The van der Waals surface area contributed by atoms with Gasteiger partial charge in [-0.2, -0.15) is 0 Å². The van der Waals surface area contributed by atoms with E-state index in [-0.39, 0.29) is 42.2 Å². The Labute approximate surface area is 238 Å². The Balaban J connectivity index is 1.71. The first kappa shape index (κ1) is 29.4. The molecule has 2 aromatic carbocycles. The van der Waals surface area contributed by atoms with E-state index in [0.29, 0.717) is 17.8 Å². The third-order valence-corrected chi connectivity index (χ3v) is 6.57. The second-order valence-corrected chi connectivity index (χ2v) is 11.2. The number of amides is 4. The van der Waals surface area contributed by atoms with Crippen molar-refractivity contribution in [2.45, 2.75) is 53.2 Å². The molecular formula is C31H34FN5O4. The number of carbonyl (C=O) groups is 4. The Morgan fingerprint density at radius 3 is 2.46 bits per heavy atom. The van der Waals surface area contributed by atoms with Gasteiger partial charge in [0.15, 0.2) is 0 Å². The molecule has 0 saturated heterocycles. The Morgan fingerprint density at radius 1 is 1.05 bits per heavy atom. The number of hydrogen-bond donors (Lipinski definition) is 2. The summed E-state index contributed by atoms with van der Waals surface area (Å²) in [5.41, 5.74) is 1.66. The average molecular weight is 560 g/mol. The third-order valence-electron chi connectivity index (χ3n) is 6.57. The number of anilines is 2. The van der Waals surface area contributed by atoms with Crippen molar-refractivity contribution in [3.63, 3.8) is 0 Å². The highest BCUT2D eigenvalue weighted by Gasteiger charge is 2.40. The van der Waals surface area contributed by atoms with Crippen LogP contribution < -0.4 is 15.5 Å². The van der Waals surface area contributed by atoms with Gasteiger partial charge in [-0.15, -0.1) is 0 Å². The number of hydrogen-bond acceptors (Lipinski definition) is 5. The monoisotopic (exact) mass is 559 g/mol. The first-order valence-electron chi connectivity index (χ1n) is 13.4. The van der Waals surface area contributed by atoms with Crippen LogP contribution in [0.5, 0.6) is 0 Å². The Kier molecular flexibility index (Phi) is 8.80. The van der Waals surface area contributed by atoms with Gasteiger partial charge in [0.2, 0.25) is 17.7 Å². The number of aromatic nitrogens is 1. The van der Waals surface area contributed by atoms with Gasteiger partial charge in [-0.25, -0.2) is 9.37 Å². The predicted molar refractivity (Wildman–Crippen MR) is 153 cm³/mol. The van der Waals surface area contributed by atoms with Crippen LogP contribution in [0.3, 0.4) is 0 Å². The van der Waals surface area contributed by atoms with Crippen LogP contribution in [0.25, 0.3) is 0 Å². The van der Waals surface area contributed by atoms with E-state index in [0.717, 1.165) is 5.56 Å². The summed E-state index contributed by atoms with van der Waals surface area (Å²) in [4.78, 5) is 60.1. The maximum Gasteiger partial charge on any atom is 0.255 e. The molecule has 41 heavy (non-hydrogen) atoms. The van der Waals surface area contributed by atoms with Gasteiger partial charge in [-0.05, 0) is 35.2 Å². The van der Waals surface area contributed by atoms with Crippen LogP contribution in [0.4, 0.5) is 15.9 Å². The molecule has 4 rings (SSSR count). The molecule has 1 aliphatic rings. The molecule has 2 N–H and O–H groups in total. The van der Waals surface area contributed by atoms with E-state index in [4.69, 9.17) is 0 Å². The molecule has 9 nitrogen and oxygen atoms in total.